The lowest BCUT2D eigenvalue weighted by molar-refractivity contribution is -0.120. The summed E-state index contributed by atoms with van der Waals surface area (Å²) in [6.45, 7) is 5.58. The molecule has 0 aliphatic carbocycles. The van der Waals surface area contributed by atoms with E-state index in [4.69, 9.17) is 0 Å². The summed E-state index contributed by atoms with van der Waals surface area (Å²) in [6, 6.07) is 13.8. The number of aromatic nitrogens is 3. The van der Waals surface area contributed by atoms with Gasteiger partial charge in [-0.3, -0.25) is 9.78 Å². The van der Waals surface area contributed by atoms with E-state index in [1.165, 1.54) is 0 Å². The Morgan fingerprint density at radius 3 is 2.59 bits per heavy atom. The fourth-order valence-corrected chi connectivity index (χ4v) is 3.80. The number of carbonyl (C=O) groups excluding carboxylic acids is 1. The number of benzene rings is 1. The highest BCUT2D eigenvalue weighted by atomic mass is 16.1. The van der Waals surface area contributed by atoms with Crippen LogP contribution in [0.25, 0.3) is 11.3 Å². The number of piperidine rings is 1. The summed E-state index contributed by atoms with van der Waals surface area (Å²) in [7, 11) is 0. The molecule has 1 aromatic carbocycles. The van der Waals surface area contributed by atoms with Gasteiger partial charge in [-0.1, -0.05) is 18.2 Å². The first-order chi connectivity index (χ1) is 14.1. The van der Waals surface area contributed by atoms with Crippen molar-refractivity contribution in [3.8, 4) is 11.3 Å². The van der Waals surface area contributed by atoms with E-state index in [0.29, 0.717) is 6.54 Å². The Labute approximate surface area is 171 Å². The summed E-state index contributed by atoms with van der Waals surface area (Å²) >= 11 is 0. The molecular weight excluding hydrogens is 362 g/mol. The van der Waals surface area contributed by atoms with Gasteiger partial charge in [-0.2, -0.15) is 0 Å². The third-order valence-electron chi connectivity index (χ3n) is 5.45. The van der Waals surface area contributed by atoms with Crippen LogP contribution in [0.4, 0.5) is 11.5 Å². The molecule has 0 spiro atoms. The van der Waals surface area contributed by atoms with Crippen molar-refractivity contribution in [1.29, 1.82) is 0 Å². The molecule has 3 aromatic rings. The van der Waals surface area contributed by atoms with Gasteiger partial charge in [0.1, 0.15) is 0 Å². The number of amides is 1. The minimum absolute atomic E-state index is 0.0671. The first-order valence-electron chi connectivity index (χ1n) is 9.98. The van der Waals surface area contributed by atoms with E-state index in [2.05, 4.69) is 25.4 Å². The van der Waals surface area contributed by atoms with Crippen molar-refractivity contribution < 1.29 is 4.79 Å². The van der Waals surface area contributed by atoms with Gasteiger partial charge in [-0.15, -0.1) is 10.2 Å². The first-order valence-corrected chi connectivity index (χ1v) is 9.98. The average Bonchev–Trinajstić information content (AvgIpc) is 2.77. The van der Waals surface area contributed by atoms with Crippen molar-refractivity contribution in [1.82, 2.24) is 15.2 Å². The van der Waals surface area contributed by atoms with E-state index in [9.17, 15) is 4.79 Å². The standard InChI is InChI=1S/C23H25N5O/c1-16-6-3-7-17(2)22(16)25-23(29)19-9-5-13-28(15-19)21-11-10-20(26-27-21)18-8-4-12-24-14-18/h3-4,6-8,10-12,14,19H,5,9,13,15H2,1-2H3,(H,25,29). The number of aryl methyl sites for hydroxylation is 2. The van der Waals surface area contributed by atoms with Crippen LogP contribution >= 0.6 is 0 Å². The number of hydrogen-bond acceptors (Lipinski definition) is 5. The molecule has 1 atom stereocenters. The molecule has 1 amide bonds. The molecule has 1 aliphatic rings. The zero-order valence-electron chi connectivity index (χ0n) is 16.8. The highest BCUT2D eigenvalue weighted by Crippen LogP contribution is 2.26. The van der Waals surface area contributed by atoms with Gasteiger partial charge < -0.3 is 10.2 Å². The fourth-order valence-electron chi connectivity index (χ4n) is 3.80. The van der Waals surface area contributed by atoms with Crippen LogP contribution in [0.15, 0.2) is 54.9 Å². The topological polar surface area (TPSA) is 71.0 Å². The highest BCUT2D eigenvalue weighted by molar-refractivity contribution is 5.94. The second-order valence-electron chi connectivity index (χ2n) is 7.56. The third kappa shape index (κ3) is 4.26. The van der Waals surface area contributed by atoms with Gasteiger partial charge in [0.2, 0.25) is 5.91 Å². The van der Waals surface area contributed by atoms with Gasteiger partial charge in [-0.25, -0.2) is 0 Å². The smallest absolute Gasteiger partial charge is 0.229 e. The number of hydrogen-bond donors (Lipinski definition) is 1. The molecule has 148 valence electrons. The maximum Gasteiger partial charge on any atom is 0.229 e. The molecule has 0 saturated carbocycles. The maximum atomic E-state index is 12.9. The van der Waals surface area contributed by atoms with Crippen molar-refractivity contribution in [3.05, 3.63) is 66.0 Å². The summed E-state index contributed by atoms with van der Waals surface area (Å²) in [4.78, 5) is 19.2. The monoisotopic (exact) mass is 387 g/mol. The van der Waals surface area contributed by atoms with Crippen LogP contribution in [-0.2, 0) is 4.79 Å². The average molecular weight is 387 g/mol. The Morgan fingerprint density at radius 1 is 1.07 bits per heavy atom. The molecule has 4 rings (SSSR count). The van der Waals surface area contributed by atoms with Gasteiger partial charge in [0, 0.05) is 36.7 Å². The third-order valence-corrected chi connectivity index (χ3v) is 5.45. The molecule has 1 aliphatic heterocycles. The molecule has 3 heterocycles. The van der Waals surface area contributed by atoms with Crippen LogP contribution in [0.2, 0.25) is 0 Å². The number of para-hydroxylation sites is 1. The molecule has 6 nitrogen and oxygen atoms in total. The Bertz CT molecular complexity index is 968. The molecule has 1 unspecified atom stereocenters. The summed E-state index contributed by atoms with van der Waals surface area (Å²) in [5, 5.41) is 11.9. The van der Waals surface area contributed by atoms with Crippen LogP contribution in [-0.4, -0.2) is 34.2 Å². The van der Waals surface area contributed by atoms with Gasteiger partial charge in [0.05, 0.1) is 11.6 Å². The minimum Gasteiger partial charge on any atom is -0.354 e. The zero-order valence-corrected chi connectivity index (χ0v) is 16.8. The maximum absolute atomic E-state index is 12.9. The molecule has 2 aromatic heterocycles. The lowest BCUT2D eigenvalue weighted by Crippen LogP contribution is -2.41. The SMILES string of the molecule is Cc1cccc(C)c1NC(=O)C1CCCN(c2ccc(-c3cccnc3)nn2)C1. The zero-order chi connectivity index (χ0) is 20.2. The number of anilines is 2. The number of carbonyl (C=O) groups is 1. The number of nitrogens with one attached hydrogen (secondary N) is 1. The Hall–Kier alpha value is -3.28. The molecule has 1 saturated heterocycles. The fraction of sp³-hybridized carbons (Fsp3) is 0.304. The van der Waals surface area contributed by atoms with E-state index >= 15 is 0 Å². The number of pyridine rings is 1. The van der Waals surface area contributed by atoms with Gasteiger partial charge >= 0.3 is 0 Å². The van der Waals surface area contributed by atoms with E-state index in [-0.39, 0.29) is 11.8 Å². The minimum atomic E-state index is -0.0671. The van der Waals surface area contributed by atoms with Gasteiger partial charge in [0.25, 0.3) is 0 Å². The van der Waals surface area contributed by atoms with Crippen LogP contribution in [0.1, 0.15) is 24.0 Å². The van der Waals surface area contributed by atoms with Crippen molar-refractivity contribution in [2.24, 2.45) is 5.92 Å². The highest BCUT2D eigenvalue weighted by Gasteiger charge is 2.27. The van der Waals surface area contributed by atoms with Crippen LogP contribution < -0.4 is 10.2 Å². The quantitative estimate of drug-likeness (QED) is 0.732. The Morgan fingerprint density at radius 2 is 1.90 bits per heavy atom. The molecule has 0 radical (unpaired) electrons. The molecule has 1 fully saturated rings. The van der Waals surface area contributed by atoms with Crippen molar-refractivity contribution in [2.75, 3.05) is 23.3 Å². The predicted octanol–water partition coefficient (Wildman–Crippen LogP) is 4.01. The van der Waals surface area contributed by atoms with E-state index in [0.717, 1.165) is 53.3 Å². The van der Waals surface area contributed by atoms with E-state index < -0.39 is 0 Å². The number of rotatable bonds is 4. The largest absolute Gasteiger partial charge is 0.354 e. The van der Waals surface area contributed by atoms with Crippen molar-refractivity contribution in [2.45, 2.75) is 26.7 Å². The van der Waals surface area contributed by atoms with Crippen LogP contribution in [0.3, 0.4) is 0 Å². The lowest BCUT2D eigenvalue weighted by Gasteiger charge is -2.32. The van der Waals surface area contributed by atoms with Crippen LogP contribution in [0, 0.1) is 19.8 Å². The molecule has 6 heteroatoms. The summed E-state index contributed by atoms with van der Waals surface area (Å²) in [5.74, 6) is 0.816. The van der Waals surface area contributed by atoms with Crippen LogP contribution in [0.5, 0.6) is 0 Å². The molecule has 29 heavy (non-hydrogen) atoms. The first kappa shape index (κ1) is 19.1. The summed E-state index contributed by atoms with van der Waals surface area (Å²) < 4.78 is 0. The Balaban J connectivity index is 1.45. The molecule has 1 N–H and O–H groups in total. The van der Waals surface area contributed by atoms with Gasteiger partial charge in [0.15, 0.2) is 5.82 Å². The van der Waals surface area contributed by atoms with Crippen molar-refractivity contribution in [3.63, 3.8) is 0 Å². The molecular formula is C23H25N5O. The number of nitrogens with zero attached hydrogens (tertiary/aromatic N) is 4. The van der Waals surface area contributed by atoms with Crippen molar-refractivity contribution >= 4 is 17.4 Å². The second kappa shape index (κ2) is 8.39. The Kier molecular flexibility index (Phi) is 5.51. The van der Waals surface area contributed by atoms with E-state index in [1.54, 1.807) is 12.4 Å². The van der Waals surface area contributed by atoms with E-state index in [1.807, 2.05) is 56.3 Å². The normalized spacial score (nSPS) is 16.5. The molecule has 0 bridgehead atoms. The van der Waals surface area contributed by atoms with Gasteiger partial charge in [-0.05, 0) is 62.1 Å². The summed E-state index contributed by atoms with van der Waals surface area (Å²) in [5.41, 5.74) is 4.83. The predicted molar refractivity (Wildman–Crippen MR) is 115 cm³/mol. The lowest BCUT2D eigenvalue weighted by atomic mass is 9.96. The second-order valence-corrected chi connectivity index (χ2v) is 7.56. The summed E-state index contributed by atoms with van der Waals surface area (Å²) in [6.07, 6.45) is 5.35.